The van der Waals surface area contributed by atoms with Gasteiger partial charge in [0.05, 0.1) is 0 Å². The van der Waals surface area contributed by atoms with Gasteiger partial charge in [0.2, 0.25) is 0 Å². The van der Waals surface area contributed by atoms with Crippen molar-refractivity contribution in [2.75, 3.05) is 0 Å². The summed E-state index contributed by atoms with van der Waals surface area (Å²) >= 11 is 1.42. The zero-order chi connectivity index (χ0) is 8.27. The van der Waals surface area contributed by atoms with Gasteiger partial charge < -0.3 is 0 Å². The van der Waals surface area contributed by atoms with Crippen LogP contribution in [0.25, 0.3) is 0 Å². The average Bonchev–Trinajstić information content (AvgIpc) is 2.37. The quantitative estimate of drug-likeness (QED) is 0.637. The molecule has 1 aromatic rings. The zero-order valence-electron chi connectivity index (χ0n) is 6.90. The van der Waals surface area contributed by atoms with Gasteiger partial charge in [-0.25, -0.2) is 9.98 Å². The molecule has 0 aliphatic carbocycles. The third kappa shape index (κ3) is 2.08. The van der Waals surface area contributed by atoms with Gasteiger partial charge in [-0.05, 0) is 18.5 Å². The molecule has 3 nitrogen and oxygen atoms in total. The van der Waals surface area contributed by atoms with Crippen LogP contribution in [-0.2, 0) is 0 Å². The second kappa shape index (κ2) is 3.57. The van der Waals surface area contributed by atoms with E-state index in [0.717, 1.165) is 5.01 Å². The number of aromatic nitrogens is 2. The first-order valence-corrected chi connectivity index (χ1v) is 4.33. The number of hydrogen-bond donors (Lipinski definition) is 0. The summed E-state index contributed by atoms with van der Waals surface area (Å²) in [6, 6.07) is 0. The molecule has 11 heavy (non-hydrogen) atoms. The normalized spacial score (nSPS) is 11.6. The maximum absolute atomic E-state index is 4.21. The largest absolute Gasteiger partial charge is 0.260 e. The van der Waals surface area contributed by atoms with E-state index >= 15 is 0 Å². The van der Waals surface area contributed by atoms with Crippen LogP contribution in [0.15, 0.2) is 4.99 Å². The van der Waals surface area contributed by atoms with Gasteiger partial charge >= 0.3 is 0 Å². The second-order valence-corrected chi connectivity index (χ2v) is 3.26. The Kier molecular flexibility index (Phi) is 2.70. The molecule has 1 rings (SSSR count). The predicted molar refractivity (Wildman–Crippen MR) is 47.8 cm³/mol. The molecule has 0 saturated heterocycles. The van der Waals surface area contributed by atoms with E-state index in [4.69, 9.17) is 0 Å². The maximum Gasteiger partial charge on any atom is 0.260 e. The second-order valence-electron chi connectivity index (χ2n) is 2.47. The third-order valence-electron chi connectivity index (χ3n) is 1.17. The Hall–Kier alpha value is -0.770. The van der Waals surface area contributed by atoms with Gasteiger partial charge in [-0.1, -0.05) is 13.8 Å². The number of nitrogens with zero attached hydrogens (tertiary/aromatic N) is 3. The van der Waals surface area contributed by atoms with Gasteiger partial charge in [-0.2, -0.15) is 4.37 Å². The Morgan fingerprint density at radius 3 is 2.73 bits per heavy atom. The summed E-state index contributed by atoms with van der Waals surface area (Å²) in [7, 11) is 0. The van der Waals surface area contributed by atoms with E-state index < -0.39 is 0 Å². The van der Waals surface area contributed by atoms with Gasteiger partial charge in [0.1, 0.15) is 5.01 Å². The van der Waals surface area contributed by atoms with Crippen LogP contribution in [0.1, 0.15) is 31.7 Å². The molecule has 60 valence electrons. The molecule has 0 aliphatic heterocycles. The summed E-state index contributed by atoms with van der Waals surface area (Å²) in [6.07, 6.45) is 1.70. The summed E-state index contributed by atoms with van der Waals surface area (Å²) in [6.45, 7) is 6.05. The lowest BCUT2D eigenvalue weighted by Gasteiger charge is -1.92. The van der Waals surface area contributed by atoms with Crippen LogP contribution in [0.2, 0.25) is 0 Å². The van der Waals surface area contributed by atoms with E-state index in [9.17, 15) is 0 Å². The first-order valence-electron chi connectivity index (χ1n) is 3.56. The topological polar surface area (TPSA) is 38.1 Å². The Morgan fingerprint density at radius 2 is 2.27 bits per heavy atom. The molecule has 0 fully saturated rings. The minimum absolute atomic E-state index is 0.452. The maximum atomic E-state index is 4.21. The summed E-state index contributed by atoms with van der Waals surface area (Å²) in [5.74, 6) is 1.04. The molecular weight excluding hydrogens is 158 g/mol. The van der Waals surface area contributed by atoms with Crippen molar-refractivity contribution in [1.29, 1.82) is 0 Å². The van der Waals surface area contributed by atoms with Crippen LogP contribution in [0.5, 0.6) is 0 Å². The number of aliphatic imine (C=N–C) groups is 1. The van der Waals surface area contributed by atoms with Gasteiger partial charge in [-0.3, -0.25) is 0 Å². The van der Waals surface area contributed by atoms with E-state index in [1.165, 1.54) is 11.5 Å². The average molecular weight is 169 g/mol. The first kappa shape index (κ1) is 8.33. The minimum atomic E-state index is 0.452. The fourth-order valence-corrected chi connectivity index (χ4v) is 1.23. The Bertz CT molecular complexity index is 252. The van der Waals surface area contributed by atoms with Crippen molar-refractivity contribution < 1.29 is 0 Å². The summed E-state index contributed by atoms with van der Waals surface area (Å²) in [4.78, 5) is 8.18. The lowest BCUT2D eigenvalue weighted by atomic mass is 10.2. The number of rotatable bonds is 2. The van der Waals surface area contributed by atoms with Gasteiger partial charge in [0, 0.05) is 12.1 Å². The highest BCUT2D eigenvalue weighted by molar-refractivity contribution is 7.05. The van der Waals surface area contributed by atoms with E-state index in [-0.39, 0.29) is 0 Å². The molecule has 0 bridgehead atoms. The molecule has 0 aromatic carbocycles. The molecule has 0 amide bonds. The van der Waals surface area contributed by atoms with Gasteiger partial charge in [0.25, 0.3) is 5.95 Å². The molecule has 0 N–H and O–H groups in total. The first-order chi connectivity index (χ1) is 5.24. The molecule has 0 aliphatic rings. The van der Waals surface area contributed by atoms with Crippen molar-refractivity contribution >= 4 is 23.7 Å². The van der Waals surface area contributed by atoms with Crippen LogP contribution in [0.4, 0.5) is 5.95 Å². The Labute approximate surface area is 70.4 Å². The van der Waals surface area contributed by atoms with E-state index in [0.29, 0.717) is 11.9 Å². The molecule has 1 aromatic heterocycles. The lowest BCUT2D eigenvalue weighted by Crippen LogP contribution is -1.82. The fourth-order valence-electron chi connectivity index (χ4n) is 0.629. The summed E-state index contributed by atoms with van der Waals surface area (Å²) in [5.41, 5.74) is 0. The lowest BCUT2D eigenvalue weighted by molar-refractivity contribution is 0.852. The standard InChI is InChI=1S/C7H11N3S/c1-4-8-7-9-6(5(2)3)11-10-7/h4-5H,1-3H3. The van der Waals surface area contributed by atoms with Crippen molar-refractivity contribution in [2.24, 2.45) is 4.99 Å². The fraction of sp³-hybridized carbons (Fsp3) is 0.571. The van der Waals surface area contributed by atoms with E-state index in [2.05, 4.69) is 28.2 Å². The molecule has 0 saturated carbocycles. The van der Waals surface area contributed by atoms with Crippen molar-refractivity contribution in [2.45, 2.75) is 26.7 Å². The third-order valence-corrected chi connectivity index (χ3v) is 2.17. The number of hydrogen-bond acceptors (Lipinski definition) is 4. The van der Waals surface area contributed by atoms with Crippen LogP contribution in [-0.4, -0.2) is 15.6 Å². The smallest absolute Gasteiger partial charge is 0.224 e. The van der Waals surface area contributed by atoms with Crippen molar-refractivity contribution in [3.63, 3.8) is 0 Å². The highest BCUT2D eigenvalue weighted by Gasteiger charge is 2.05. The van der Waals surface area contributed by atoms with Gasteiger partial charge in [0.15, 0.2) is 0 Å². The summed E-state index contributed by atoms with van der Waals surface area (Å²) < 4.78 is 4.06. The van der Waals surface area contributed by atoms with Crippen molar-refractivity contribution in [3.05, 3.63) is 5.01 Å². The van der Waals surface area contributed by atoms with Crippen LogP contribution in [0, 0.1) is 0 Å². The molecule has 0 radical (unpaired) electrons. The SMILES string of the molecule is CC=Nc1nsc(C(C)C)n1. The molecule has 0 atom stereocenters. The Balaban J connectivity index is 2.81. The summed E-state index contributed by atoms with van der Waals surface area (Å²) in [5, 5.41) is 1.05. The van der Waals surface area contributed by atoms with Crippen LogP contribution < -0.4 is 0 Å². The predicted octanol–water partition coefficient (Wildman–Crippen LogP) is 2.38. The van der Waals surface area contributed by atoms with Gasteiger partial charge in [-0.15, -0.1) is 0 Å². The van der Waals surface area contributed by atoms with Crippen LogP contribution in [0.3, 0.4) is 0 Å². The molecule has 1 heterocycles. The van der Waals surface area contributed by atoms with E-state index in [1.54, 1.807) is 6.21 Å². The van der Waals surface area contributed by atoms with Crippen molar-refractivity contribution in [1.82, 2.24) is 9.36 Å². The molecule has 4 heteroatoms. The van der Waals surface area contributed by atoms with Crippen LogP contribution >= 0.6 is 11.5 Å². The highest BCUT2D eigenvalue weighted by Crippen LogP contribution is 2.19. The molecule has 0 spiro atoms. The Morgan fingerprint density at radius 1 is 1.55 bits per heavy atom. The molecular formula is C7H11N3S. The van der Waals surface area contributed by atoms with E-state index in [1.807, 2.05) is 6.92 Å². The zero-order valence-corrected chi connectivity index (χ0v) is 7.72. The van der Waals surface area contributed by atoms with Crippen molar-refractivity contribution in [3.8, 4) is 0 Å². The molecule has 0 unspecified atom stereocenters. The minimum Gasteiger partial charge on any atom is -0.224 e. The monoisotopic (exact) mass is 169 g/mol. The highest BCUT2D eigenvalue weighted by atomic mass is 32.1.